The summed E-state index contributed by atoms with van der Waals surface area (Å²) >= 11 is 0. The smallest absolute Gasteiger partial charge is 0.319 e. The Kier molecular flexibility index (Phi) is 5.82. The van der Waals surface area contributed by atoms with Crippen LogP contribution in [0.2, 0.25) is 0 Å². The number of benzene rings is 1. The van der Waals surface area contributed by atoms with E-state index in [0.717, 1.165) is 0 Å². The number of urea groups is 1. The Balaban J connectivity index is 1.85. The molecule has 132 valence electrons. The molecule has 1 aromatic rings. The minimum Gasteiger partial charge on any atom is -0.352 e. The molecule has 0 aromatic heterocycles. The van der Waals surface area contributed by atoms with E-state index in [2.05, 4.69) is 16.0 Å². The van der Waals surface area contributed by atoms with E-state index >= 15 is 0 Å². The van der Waals surface area contributed by atoms with Crippen molar-refractivity contribution >= 4 is 27.5 Å². The van der Waals surface area contributed by atoms with Crippen LogP contribution in [0.15, 0.2) is 24.3 Å². The monoisotopic (exact) mass is 353 g/mol. The van der Waals surface area contributed by atoms with E-state index in [-0.39, 0.29) is 23.5 Å². The molecular formula is C16H23N3O4S. The van der Waals surface area contributed by atoms with Crippen molar-refractivity contribution in [3.8, 4) is 0 Å². The SMILES string of the molecule is CC(C)CNC(=O)c1ccc(NC(=O)NC2CCS(=O)(=O)C2)cc1. The highest BCUT2D eigenvalue weighted by molar-refractivity contribution is 7.91. The predicted octanol–water partition coefficient (Wildman–Crippen LogP) is 1.38. The van der Waals surface area contributed by atoms with Crippen LogP contribution in [0.1, 0.15) is 30.6 Å². The minimum atomic E-state index is -3.03. The van der Waals surface area contributed by atoms with Gasteiger partial charge in [0, 0.05) is 23.8 Å². The largest absolute Gasteiger partial charge is 0.352 e. The Hall–Kier alpha value is -2.09. The number of sulfone groups is 1. The Bertz CT molecular complexity index is 699. The van der Waals surface area contributed by atoms with Gasteiger partial charge in [-0.1, -0.05) is 13.8 Å². The first-order chi connectivity index (χ1) is 11.2. The molecule has 1 heterocycles. The summed E-state index contributed by atoms with van der Waals surface area (Å²) in [6.07, 6.45) is 0.435. The van der Waals surface area contributed by atoms with Gasteiger partial charge in [0.05, 0.1) is 11.5 Å². The zero-order valence-electron chi connectivity index (χ0n) is 13.8. The molecule has 1 aliphatic rings. The van der Waals surface area contributed by atoms with Gasteiger partial charge in [-0.2, -0.15) is 0 Å². The van der Waals surface area contributed by atoms with E-state index in [0.29, 0.717) is 30.1 Å². The fourth-order valence-electron chi connectivity index (χ4n) is 2.37. The summed E-state index contributed by atoms with van der Waals surface area (Å²) in [6.45, 7) is 4.63. The number of anilines is 1. The molecule has 3 amide bonds. The van der Waals surface area contributed by atoms with Gasteiger partial charge in [-0.25, -0.2) is 13.2 Å². The number of hydrogen-bond donors (Lipinski definition) is 3. The molecule has 0 aliphatic carbocycles. The molecule has 0 bridgehead atoms. The average molecular weight is 353 g/mol. The van der Waals surface area contributed by atoms with Crippen molar-refractivity contribution in [2.75, 3.05) is 23.4 Å². The maximum Gasteiger partial charge on any atom is 0.319 e. The summed E-state index contributed by atoms with van der Waals surface area (Å²) in [4.78, 5) is 23.8. The van der Waals surface area contributed by atoms with Crippen LogP contribution in [-0.2, 0) is 9.84 Å². The normalized spacial score (nSPS) is 19.0. The van der Waals surface area contributed by atoms with Crippen molar-refractivity contribution in [3.05, 3.63) is 29.8 Å². The van der Waals surface area contributed by atoms with Gasteiger partial charge in [-0.3, -0.25) is 4.79 Å². The second-order valence-corrected chi connectivity index (χ2v) is 8.61. The average Bonchev–Trinajstić information content (AvgIpc) is 2.84. The molecule has 3 N–H and O–H groups in total. The highest BCUT2D eigenvalue weighted by atomic mass is 32.2. The van der Waals surface area contributed by atoms with Crippen molar-refractivity contribution in [1.29, 1.82) is 0 Å². The van der Waals surface area contributed by atoms with Gasteiger partial charge in [0.2, 0.25) is 0 Å². The molecule has 24 heavy (non-hydrogen) atoms. The molecule has 1 unspecified atom stereocenters. The highest BCUT2D eigenvalue weighted by Gasteiger charge is 2.28. The summed E-state index contributed by atoms with van der Waals surface area (Å²) in [5.41, 5.74) is 1.05. The third kappa shape index (κ3) is 5.52. The van der Waals surface area contributed by atoms with Crippen molar-refractivity contribution in [2.24, 2.45) is 5.92 Å². The molecule has 1 saturated heterocycles. The second kappa shape index (κ2) is 7.65. The van der Waals surface area contributed by atoms with Crippen molar-refractivity contribution in [3.63, 3.8) is 0 Å². The van der Waals surface area contributed by atoms with Crippen molar-refractivity contribution in [2.45, 2.75) is 26.3 Å². The topological polar surface area (TPSA) is 104 Å². The van der Waals surface area contributed by atoms with E-state index < -0.39 is 15.9 Å². The van der Waals surface area contributed by atoms with Gasteiger partial charge in [-0.15, -0.1) is 0 Å². The number of nitrogens with one attached hydrogen (secondary N) is 3. The molecule has 8 heteroatoms. The van der Waals surface area contributed by atoms with Gasteiger partial charge in [0.1, 0.15) is 0 Å². The van der Waals surface area contributed by atoms with Crippen LogP contribution < -0.4 is 16.0 Å². The van der Waals surface area contributed by atoms with Crippen LogP contribution in [0.4, 0.5) is 10.5 Å². The lowest BCUT2D eigenvalue weighted by Gasteiger charge is -2.12. The molecule has 7 nitrogen and oxygen atoms in total. The maximum absolute atomic E-state index is 11.9. The number of hydrogen-bond acceptors (Lipinski definition) is 4. The van der Waals surface area contributed by atoms with E-state index in [9.17, 15) is 18.0 Å². The predicted molar refractivity (Wildman–Crippen MR) is 92.8 cm³/mol. The Morgan fingerprint density at radius 3 is 2.42 bits per heavy atom. The van der Waals surface area contributed by atoms with Gasteiger partial charge in [0.25, 0.3) is 5.91 Å². The molecule has 1 atom stereocenters. The zero-order valence-corrected chi connectivity index (χ0v) is 14.7. The number of carbonyl (C=O) groups is 2. The van der Waals surface area contributed by atoms with E-state index in [1.54, 1.807) is 24.3 Å². The molecule has 0 radical (unpaired) electrons. The highest BCUT2D eigenvalue weighted by Crippen LogP contribution is 2.13. The summed E-state index contributed by atoms with van der Waals surface area (Å²) in [5, 5.41) is 8.10. The lowest BCUT2D eigenvalue weighted by Crippen LogP contribution is -2.38. The van der Waals surface area contributed by atoms with Gasteiger partial charge in [0.15, 0.2) is 9.84 Å². The first-order valence-corrected chi connectivity index (χ1v) is 9.73. The fraction of sp³-hybridized carbons (Fsp3) is 0.500. The molecule has 0 saturated carbocycles. The van der Waals surface area contributed by atoms with Crippen LogP contribution in [0, 0.1) is 5.92 Å². The van der Waals surface area contributed by atoms with E-state index in [1.165, 1.54) is 0 Å². The van der Waals surface area contributed by atoms with Crippen molar-refractivity contribution < 1.29 is 18.0 Å². The minimum absolute atomic E-state index is 0.0185. The van der Waals surface area contributed by atoms with E-state index in [4.69, 9.17) is 0 Å². The molecule has 1 aliphatic heterocycles. The molecule has 0 spiro atoms. The molecular weight excluding hydrogens is 330 g/mol. The summed E-state index contributed by atoms with van der Waals surface area (Å²) in [5.74, 6) is 0.307. The van der Waals surface area contributed by atoms with Gasteiger partial charge < -0.3 is 16.0 Å². The Morgan fingerprint density at radius 2 is 1.88 bits per heavy atom. The second-order valence-electron chi connectivity index (χ2n) is 6.38. The van der Waals surface area contributed by atoms with Crippen LogP contribution in [0.25, 0.3) is 0 Å². The number of rotatable bonds is 5. The Labute approximate surface area is 142 Å². The van der Waals surface area contributed by atoms with Gasteiger partial charge >= 0.3 is 6.03 Å². The van der Waals surface area contributed by atoms with Crippen LogP contribution >= 0.6 is 0 Å². The summed E-state index contributed by atoms with van der Waals surface area (Å²) < 4.78 is 22.7. The standard InChI is InChI=1S/C16H23N3O4S/c1-11(2)9-17-15(20)12-3-5-13(6-4-12)18-16(21)19-14-7-8-24(22,23)10-14/h3-6,11,14H,7-10H2,1-2H3,(H,17,20)(H2,18,19,21). The third-order valence-corrected chi connectivity index (χ3v) is 5.41. The Morgan fingerprint density at radius 1 is 1.21 bits per heavy atom. The molecule has 1 aromatic carbocycles. The lowest BCUT2D eigenvalue weighted by molar-refractivity contribution is 0.0949. The molecule has 2 rings (SSSR count). The first kappa shape index (κ1) is 18.3. The van der Waals surface area contributed by atoms with Gasteiger partial charge in [-0.05, 0) is 36.6 Å². The first-order valence-electron chi connectivity index (χ1n) is 7.91. The maximum atomic E-state index is 11.9. The molecule has 1 fully saturated rings. The number of carbonyl (C=O) groups excluding carboxylic acids is 2. The van der Waals surface area contributed by atoms with Crippen LogP contribution in [-0.4, -0.2) is 44.4 Å². The van der Waals surface area contributed by atoms with Crippen molar-refractivity contribution in [1.82, 2.24) is 10.6 Å². The number of amides is 3. The quantitative estimate of drug-likeness (QED) is 0.744. The summed E-state index contributed by atoms with van der Waals surface area (Å²) in [7, 11) is -3.03. The zero-order chi connectivity index (χ0) is 17.7. The summed E-state index contributed by atoms with van der Waals surface area (Å²) in [6, 6.07) is 5.73. The van der Waals surface area contributed by atoms with Crippen LogP contribution in [0.5, 0.6) is 0 Å². The van der Waals surface area contributed by atoms with Crippen LogP contribution in [0.3, 0.4) is 0 Å². The third-order valence-electron chi connectivity index (χ3n) is 3.64. The van der Waals surface area contributed by atoms with E-state index in [1.807, 2.05) is 13.8 Å². The fourth-order valence-corrected chi connectivity index (χ4v) is 4.04. The lowest BCUT2D eigenvalue weighted by atomic mass is 10.1.